The SMILES string of the molecule is CNCCCC(=O)N1Cc2ccccc2CC1C(=O)O. The van der Waals surface area contributed by atoms with Crippen molar-refractivity contribution in [1.82, 2.24) is 10.2 Å². The summed E-state index contributed by atoms with van der Waals surface area (Å²) in [5.74, 6) is -1.01. The first-order valence-electron chi connectivity index (χ1n) is 6.87. The van der Waals surface area contributed by atoms with Gasteiger partial charge in [0, 0.05) is 19.4 Å². The Morgan fingerprint density at radius 3 is 2.70 bits per heavy atom. The molecule has 0 saturated heterocycles. The summed E-state index contributed by atoms with van der Waals surface area (Å²) >= 11 is 0. The highest BCUT2D eigenvalue weighted by Gasteiger charge is 2.33. The van der Waals surface area contributed by atoms with Crippen LogP contribution in [0, 0.1) is 0 Å². The van der Waals surface area contributed by atoms with E-state index in [1.54, 1.807) is 0 Å². The molecule has 0 bridgehead atoms. The first-order chi connectivity index (χ1) is 9.63. The smallest absolute Gasteiger partial charge is 0.326 e. The van der Waals surface area contributed by atoms with Crippen LogP contribution in [0.3, 0.4) is 0 Å². The lowest BCUT2D eigenvalue weighted by Gasteiger charge is -2.34. The van der Waals surface area contributed by atoms with Crippen molar-refractivity contribution in [3.63, 3.8) is 0 Å². The Bertz CT molecular complexity index is 502. The fourth-order valence-electron chi connectivity index (χ4n) is 2.57. The summed E-state index contributed by atoms with van der Waals surface area (Å²) in [4.78, 5) is 25.1. The van der Waals surface area contributed by atoms with Gasteiger partial charge < -0.3 is 15.3 Å². The molecule has 2 N–H and O–H groups in total. The van der Waals surface area contributed by atoms with Crippen molar-refractivity contribution in [2.24, 2.45) is 0 Å². The number of hydrogen-bond donors (Lipinski definition) is 2. The van der Waals surface area contributed by atoms with Crippen molar-refractivity contribution in [2.75, 3.05) is 13.6 Å². The van der Waals surface area contributed by atoms with Crippen LogP contribution in [0.2, 0.25) is 0 Å². The third-order valence-electron chi connectivity index (χ3n) is 3.67. The summed E-state index contributed by atoms with van der Waals surface area (Å²) in [6, 6.07) is 6.98. The molecule has 1 atom stereocenters. The molecule has 0 aliphatic carbocycles. The zero-order chi connectivity index (χ0) is 14.5. The second-order valence-corrected chi connectivity index (χ2v) is 5.06. The molecule has 5 nitrogen and oxygen atoms in total. The molecule has 1 unspecified atom stereocenters. The third kappa shape index (κ3) is 3.17. The van der Waals surface area contributed by atoms with Gasteiger partial charge in [0.2, 0.25) is 5.91 Å². The van der Waals surface area contributed by atoms with Gasteiger partial charge in [-0.05, 0) is 31.1 Å². The Morgan fingerprint density at radius 1 is 1.35 bits per heavy atom. The van der Waals surface area contributed by atoms with Gasteiger partial charge in [-0.15, -0.1) is 0 Å². The fourth-order valence-corrected chi connectivity index (χ4v) is 2.57. The number of carbonyl (C=O) groups excluding carboxylic acids is 1. The maximum Gasteiger partial charge on any atom is 0.326 e. The van der Waals surface area contributed by atoms with Gasteiger partial charge in [-0.3, -0.25) is 4.79 Å². The van der Waals surface area contributed by atoms with E-state index in [2.05, 4.69) is 5.32 Å². The van der Waals surface area contributed by atoms with E-state index in [0.717, 1.165) is 24.1 Å². The number of carbonyl (C=O) groups is 2. The summed E-state index contributed by atoms with van der Waals surface area (Å²) < 4.78 is 0. The molecule has 1 aromatic carbocycles. The predicted octanol–water partition coefficient (Wildman–Crippen LogP) is 1.02. The average Bonchev–Trinajstić information content (AvgIpc) is 2.46. The molecule has 1 heterocycles. The van der Waals surface area contributed by atoms with Crippen molar-refractivity contribution in [3.05, 3.63) is 35.4 Å². The molecule has 5 heteroatoms. The minimum atomic E-state index is -0.929. The summed E-state index contributed by atoms with van der Waals surface area (Å²) in [6.07, 6.45) is 1.50. The molecule has 2 rings (SSSR count). The van der Waals surface area contributed by atoms with Gasteiger partial charge in [0.15, 0.2) is 0 Å². The van der Waals surface area contributed by atoms with Gasteiger partial charge in [-0.1, -0.05) is 24.3 Å². The Hall–Kier alpha value is -1.88. The van der Waals surface area contributed by atoms with Crippen molar-refractivity contribution in [1.29, 1.82) is 0 Å². The van der Waals surface area contributed by atoms with Crippen LogP contribution >= 0.6 is 0 Å². The van der Waals surface area contributed by atoms with Crippen molar-refractivity contribution < 1.29 is 14.7 Å². The minimum absolute atomic E-state index is 0.0813. The van der Waals surface area contributed by atoms with Gasteiger partial charge >= 0.3 is 5.97 Å². The Balaban J connectivity index is 2.13. The molecular weight excluding hydrogens is 256 g/mol. The molecule has 0 fully saturated rings. The first-order valence-corrected chi connectivity index (χ1v) is 6.87. The molecule has 20 heavy (non-hydrogen) atoms. The summed E-state index contributed by atoms with van der Waals surface area (Å²) in [5, 5.41) is 12.3. The van der Waals surface area contributed by atoms with Gasteiger partial charge in [0.25, 0.3) is 0 Å². The molecule has 1 aliphatic rings. The zero-order valence-corrected chi connectivity index (χ0v) is 11.6. The van der Waals surface area contributed by atoms with Crippen LogP contribution in [0.15, 0.2) is 24.3 Å². The number of hydrogen-bond acceptors (Lipinski definition) is 3. The van der Waals surface area contributed by atoms with Gasteiger partial charge in [-0.2, -0.15) is 0 Å². The van der Waals surface area contributed by atoms with Crippen LogP contribution in [0.4, 0.5) is 0 Å². The van der Waals surface area contributed by atoms with Gasteiger partial charge in [0.1, 0.15) is 6.04 Å². The topological polar surface area (TPSA) is 69.6 Å². The van der Waals surface area contributed by atoms with E-state index in [1.807, 2.05) is 31.3 Å². The van der Waals surface area contributed by atoms with Crippen LogP contribution in [-0.4, -0.2) is 41.5 Å². The maximum absolute atomic E-state index is 12.2. The standard InChI is InChI=1S/C15H20N2O3/c1-16-8-4-7-14(18)17-10-12-6-3-2-5-11(12)9-13(17)15(19)20/h2-3,5-6,13,16H,4,7-10H2,1H3,(H,19,20). The van der Waals surface area contributed by atoms with E-state index in [4.69, 9.17) is 0 Å². The molecule has 0 saturated carbocycles. The number of carboxylic acids is 1. The Labute approximate surface area is 118 Å². The maximum atomic E-state index is 12.2. The summed E-state index contributed by atoms with van der Waals surface area (Å²) in [6.45, 7) is 1.15. The molecule has 0 spiro atoms. The lowest BCUT2D eigenvalue weighted by molar-refractivity contribution is -0.151. The quantitative estimate of drug-likeness (QED) is 0.788. The lowest BCUT2D eigenvalue weighted by atomic mass is 9.93. The highest BCUT2D eigenvalue weighted by atomic mass is 16.4. The molecule has 0 radical (unpaired) electrons. The highest BCUT2D eigenvalue weighted by molar-refractivity contribution is 5.84. The molecule has 0 aromatic heterocycles. The second-order valence-electron chi connectivity index (χ2n) is 5.06. The fraction of sp³-hybridized carbons (Fsp3) is 0.467. The molecule has 1 aromatic rings. The van der Waals surface area contributed by atoms with E-state index in [1.165, 1.54) is 4.90 Å². The highest BCUT2D eigenvalue weighted by Crippen LogP contribution is 2.24. The van der Waals surface area contributed by atoms with E-state index in [9.17, 15) is 14.7 Å². The number of amides is 1. The number of rotatable bonds is 5. The van der Waals surface area contributed by atoms with Crippen LogP contribution in [0.25, 0.3) is 0 Å². The molecule has 1 aliphatic heterocycles. The van der Waals surface area contributed by atoms with Gasteiger partial charge in [0.05, 0.1) is 0 Å². The van der Waals surface area contributed by atoms with Crippen LogP contribution < -0.4 is 5.32 Å². The number of nitrogens with one attached hydrogen (secondary N) is 1. The Morgan fingerprint density at radius 2 is 2.05 bits per heavy atom. The lowest BCUT2D eigenvalue weighted by Crippen LogP contribution is -2.48. The summed E-state index contributed by atoms with van der Waals surface area (Å²) in [7, 11) is 1.83. The van der Waals surface area contributed by atoms with Crippen molar-refractivity contribution >= 4 is 11.9 Å². The predicted molar refractivity (Wildman–Crippen MR) is 75.3 cm³/mol. The van der Waals surface area contributed by atoms with E-state index < -0.39 is 12.0 Å². The van der Waals surface area contributed by atoms with Crippen LogP contribution in [0.5, 0.6) is 0 Å². The number of carboxylic acid groups (broad SMARTS) is 1. The normalized spacial score (nSPS) is 17.6. The van der Waals surface area contributed by atoms with Crippen molar-refractivity contribution in [3.8, 4) is 0 Å². The number of benzene rings is 1. The number of nitrogens with zero attached hydrogens (tertiary/aromatic N) is 1. The molecular formula is C15H20N2O3. The summed E-state index contributed by atoms with van der Waals surface area (Å²) in [5.41, 5.74) is 2.08. The monoisotopic (exact) mass is 276 g/mol. The number of fused-ring (bicyclic) bond motifs is 1. The average molecular weight is 276 g/mol. The van der Waals surface area contributed by atoms with Crippen molar-refractivity contribution in [2.45, 2.75) is 31.8 Å². The minimum Gasteiger partial charge on any atom is -0.480 e. The van der Waals surface area contributed by atoms with Crippen LogP contribution in [-0.2, 0) is 22.6 Å². The number of aliphatic carboxylic acids is 1. The largest absolute Gasteiger partial charge is 0.480 e. The Kier molecular flexibility index (Phi) is 4.74. The third-order valence-corrected chi connectivity index (χ3v) is 3.67. The van der Waals surface area contributed by atoms with E-state index in [0.29, 0.717) is 19.4 Å². The van der Waals surface area contributed by atoms with Gasteiger partial charge in [-0.25, -0.2) is 4.79 Å². The molecule has 108 valence electrons. The first kappa shape index (κ1) is 14.5. The second kappa shape index (κ2) is 6.52. The van der Waals surface area contributed by atoms with E-state index in [-0.39, 0.29) is 5.91 Å². The van der Waals surface area contributed by atoms with E-state index >= 15 is 0 Å². The molecule has 1 amide bonds. The van der Waals surface area contributed by atoms with Crippen LogP contribution in [0.1, 0.15) is 24.0 Å². The zero-order valence-electron chi connectivity index (χ0n) is 11.6.